The fourth-order valence-corrected chi connectivity index (χ4v) is 11.5. The van der Waals surface area contributed by atoms with Crippen molar-refractivity contribution in [2.45, 2.75) is 139 Å². The average molecular weight is 813 g/mol. The molecule has 316 valence electrons. The first-order chi connectivity index (χ1) is 28.5. The SMILES string of the molecule is O=C(N[C@H]1CC[C@H](CCN2[C@@H]3CC[C@H]2c2ccccc23)CC1)C(Cc1ccccc1)C(=O)N[C@H]1CC[C@H](CCN2[C@@H]3CC[C@H]2c2ccccc23)CC1.O=C(O)C(F)(F)F. The molecule has 3 N–H and O–H groups in total. The summed E-state index contributed by atoms with van der Waals surface area (Å²) in [5.41, 5.74) is 7.31. The fraction of sp³-hybridized carbons (Fsp3) is 0.562. The maximum Gasteiger partial charge on any atom is 0.490 e. The van der Waals surface area contributed by atoms with E-state index in [-0.39, 0.29) is 23.9 Å². The summed E-state index contributed by atoms with van der Waals surface area (Å²) in [5.74, 6) is -2.20. The minimum atomic E-state index is -5.08. The van der Waals surface area contributed by atoms with Gasteiger partial charge in [-0.3, -0.25) is 19.4 Å². The molecule has 2 saturated carbocycles. The Balaban J connectivity index is 0.000000637. The Morgan fingerprint density at radius 3 is 1.24 bits per heavy atom. The summed E-state index contributed by atoms with van der Waals surface area (Å²) in [7, 11) is 0. The van der Waals surface area contributed by atoms with E-state index in [1.807, 2.05) is 30.3 Å². The highest BCUT2D eigenvalue weighted by Gasteiger charge is 2.45. The standard InChI is InChI=1S/C46H58N4O2.C2HF3O2/c51-45(47-34-18-14-31(15-19-34)26-28-49-41-22-23-42(49)37-11-5-4-10-36(37)41)40(30-33-8-2-1-3-9-33)46(52)48-35-20-16-32(17-21-35)27-29-50-43-24-25-44(50)39-13-7-6-12-38(39)43;3-2(4,5)1(6)7/h1-13,31-32,34-35,40-44H,14-30H2,(H,47,51)(H,48,52);(H,6,7)/t31-,32-,34-,35-,41-,42+,43-,44+;. The van der Waals surface area contributed by atoms with Gasteiger partial charge in [-0.05, 0) is 149 Å². The molecule has 3 aromatic rings. The van der Waals surface area contributed by atoms with Crippen LogP contribution in [0.15, 0.2) is 78.9 Å². The van der Waals surface area contributed by atoms with Crippen molar-refractivity contribution in [3.8, 4) is 0 Å². The van der Waals surface area contributed by atoms with E-state index in [9.17, 15) is 22.8 Å². The van der Waals surface area contributed by atoms with Crippen LogP contribution in [0.25, 0.3) is 0 Å². The van der Waals surface area contributed by atoms with Crippen molar-refractivity contribution in [2.75, 3.05) is 13.1 Å². The molecule has 4 atom stereocenters. The molecule has 4 aliphatic heterocycles. The Morgan fingerprint density at radius 2 is 0.898 bits per heavy atom. The molecule has 4 fully saturated rings. The molecule has 2 saturated heterocycles. The first-order valence-electron chi connectivity index (χ1n) is 22.2. The number of rotatable bonds is 12. The van der Waals surface area contributed by atoms with Gasteiger partial charge in [0.1, 0.15) is 5.92 Å². The molecule has 8 nitrogen and oxygen atoms in total. The van der Waals surface area contributed by atoms with Gasteiger partial charge < -0.3 is 15.7 Å². The fourth-order valence-electron chi connectivity index (χ4n) is 11.5. The minimum absolute atomic E-state index is 0.0915. The van der Waals surface area contributed by atoms with E-state index in [1.165, 1.54) is 51.6 Å². The van der Waals surface area contributed by atoms with E-state index >= 15 is 0 Å². The number of hydrogen-bond acceptors (Lipinski definition) is 5. The number of nitrogens with zero attached hydrogens (tertiary/aromatic N) is 2. The number of halogens is 3. The highest BCUT2D eigenvalue weighted by molar-refractivity contribution is 6.00. The van der Waals surface area contributed by atoms with Crippen molar-refractivity contribution >= 4 is 17.8 Å². The van der Waals surface area contributed by atoms with E-state index < -0.39 is 18.1 Å². The summed E-state index contributed by atoms with van der Waals surface area (Å²) in [6, 6.07) is 31.1. The lowest BCUT2D eigenvalue weighted by Crippen LogP contribution is -2.49. The Bertz CT molecular complexity index is 1760. The Labute approximate surface area is 346 Å². The van der Waals surface area contributed by atoms with Gasteiger partial charge in [-0.2, -0.15) is 13.2 Å². The number of carboxylic acid groups (broad SMARTS) is 1. The van der Waals surface area contributed by atoms with Crippen LogP contribution in [-0.4, -0.2) is 64.0 Å². The maximum atomic E-state index is 13.9. The van der Waals surface area contributed by atoms with Crippen LogP contribution in [0.5, 0.6) is 0 Å². The van der Waals surface area contributed by atoms with Gasteiger partial charge in [0.15, 0.2) is 0 Å². The molecule has 9 rings (SSSR count). The van der Waals surface area contributed by atoms with Crippen LogP contribution >= 0.6 is 0 Å². The van der Waals surface area contributed by atoms with Crippen LogP contribution in [-0.2, 0) is 20.8 Å². The number of alkyl halides is 3. The molecule has 4 bridgehead atoms. The number of amides is 2. The quantitative estimate of drug-likeness (QED) is 0.158. The van der Waals surface area contributed by atoms with Crippen molar-refractivity contribution < 1.29 is 32.7 Å². The van der Waals surface area contributed by atoms with E-state index in [0.29, 0.717) is 30.6 Å². The van der Waals surface area contributed by atoms with Crippen LogP contribution in [0.2, 0.25) is 0 Å². The highest BCUT2D eigenvalue weighted by atomic mass is 19.4. The molecule has 2 amide bonds. The first-order valence-corrected chi connectivity index (χ1v) is 22.2. The molecule has 0 aromatic heterocycles. The summed E-state index contributed by atoms with van der Waals surface area (Å²) in [4.78, 5) is 42.2. The zero-order chi connectivity index (χ0) is 41.1. The summed E-state index contributed by atoms with van der Waals surface area (Å²) >= 11 is 0. The van der Waals surface area contributed by atoms with Crippen molar-refractivity contribution in [1.82, 2.24) is 20.4 Å². The highest BCUT2D eigenvalue weighted by Crippen LogP contribution is 2.54. The molecule has 11 heteroatoms. The van der Waals surface area contributed by atoms with Crippen LogP contribution in [0, 0.1) is 17.8 Å². The molecule has 6 aliphatic rings. The number of carbonyl (C=O) groups is 3. The molecule has 2 aliphatic carbocycles. The second-order valence-electron chi connectivity index (χ2n) is 18.0. The summed E-state index contributed by atoms with van der Waals surface area (Å²) in [6.45, 7) is 2.36. The Kier molecular flexibility index (Phi) is 12.8. The van der Waals surface area contributed by atoms with Gasteiger partial charge in [-0.25, -0.2) is 4.79 Å². The largest absolute Gasteiger partial charge is 0.490 e. The summed E-state index contributed by atoms with van der Waals surface area (Å²) in [5, 5.41) is 13.9. The number of fused-ring (bicyclic) bond motifs is 10. The summed E-state index contributed by atoms with van der Waals surface area (Å²) in [6.07, 6.45) is 11.7. The molecule has 0 radical (unpaired) electrons. The lowest BCUT2D eigenvalue weighted by molar-refractivity contribution is -0.192. The molecule has 0 spiro atoms. The van der Waals surface area contributed by atoms with E-state index in [2.05, 4.69) is 69.0 Å². The molecular weight excluding hydrogens is 754 g/mol. The Morgan fingerprint density at radius 1 is 0.559 bits per heavy atom. The van der Waals surface area contributed by atoms with Gasteiger partial charge in [0, 0.05) is 36.3 Å². The van der Waals surface area contributed by atoms with Gasteiger partial charge in [-0.1, -0.05) is 78.9 Å². The molecule has 3 aromatic carbocycles. The molecule has 4 heterocycles. The monoisotopic (exact) mass is 812 g/mol. The topological polar surface area (TPSA) is 102 Å². The maximum absolute atomic E-state index is 13.9. The normalized spacial score (nSPS) is 28.4. The third-order valence-electron chi connectivity index (χ3n) is 14.6. The summed E-state index contributed by atoms with van der Waals surface area (Å²) < 4.78 is 31.7. The van der Waals surface area contributed by atoms with Gasteiger partial charge in [-0.15, -0.1) is 0 Å². The van der Waals surface area contributed by atoms with Crippen molar-refractivity contribution in [1.29, 1.82) is 0 Å². The first kappa shape index (κ1) is 41.5. The van der Waals surface area contributed by atoms with Gasteiger partial charge in [0.2, 0.25) is 11.8 Å². The lowest BCUT2D eigenvalue weighted by atomic mass is 9.83. The third kappa shape index (κ3) is 9.41. The Hall–Kier alpha value is -4.22. The number of carbonyl (C=O) groups excluding carboxylic acids is 2. The number of carboxylic acids is 1. The molecule has 59 heavy (non-hydrogen) atoms. The van der Waals surface area contributed by atoms with Crippen LogP contribution in [0.4, 0.5) is 13.2 Å². The van der Waals surface area contributed by atoms with Gasteiger partial charge in [0.25, 0.3) is 0 Å². The van der Waals surface area contributed by atoms with Crippen LogP contribution in [0.1, 0.15) is 142 Å². The van der Waals surface area contributed by atoms with Gasteiger partial charge in [0.05, 0.1) is 0 Å². The molecule has 0 unspecified atom stereocenters. The van der Waals surface area contributed by atoms with Gasteiger partial charge >= 0.3 is 12.1 Å². The minimum Gasteiger partial charge on any atom is -0.475 e. The second kappa shape index (κ2) is 18.2. The lowest BCUT2D eigenvalue weighted by Gasteiger charge is -2.33. The van der Waals surface area contributed by atoms with Crippen LogP contribution < -0.4 is 10.6 Å². The number of hydrogen-bond donors (Lipinski definition) is 3. The third-order valence-corrected chi connectivity index (χ3v) is 14.6. The second-order valence-corrected chi connectivity index (χ2v) is 18.0. The van der Waals surface area contributed by atoms with Crippen LogP contribution in [0.3, 0.4) is 0 Å². The molecular formula is C48H59F3N4O4. The van der Waals surface area contributed by atoms with E-state index in [1.54, 1.807) is 22.3 Å². The average Bonchev–Trinajstić information content (AvgIpc) is 4.01. The predicted octanol–water partition coefficient (Wildman–Crippen LogP) is 9.39. The zero-order valence-corrected chi connectivity index (χ0v) is 33.9. The van der Waals surface area contributed by atoms with E-state index in [0.717, 1.165) is 68.8 Å². The van der Waals surface area contributed by atoms with Crippen molar-refractivity contribution in [3.05, 3.63) is 107 Å². The number of nitrogens with one attached hydrogen (secondary N) is 2. The van der Waals surface area contributed by atoms with E-state index in [4.69, 9.17) is 9.90 Å². The predicted molar refractivity (Wildman–Crippen MR) is 220 cm³/mol. The zero-order valence-electron chi connectivity index (χ0n) is 33.9. The van der Waals surface area contributed by atoms with Crippen molar-refractivity contribution in [2.24, 2.45) is 17.8 Å². The number of aliphatic carboxylic acids is 1. The smallest absolute Gasteiger partial charge is 0.475 e. The number of benzene rings is 3. The van der Waals surface area contributed by atoms with Crippen molar-refractivity contribution in [3.63, 3.8) is 0 Å².